The topological polar surface area (TPSA) is 94.5 Å². The number of ether oxygens (including phenoxy) is 4. The molecule has 1 aliphatic heterocycles. The molecule has 0 amide bonds. The van der Waals surface area contributed by atoms with Gasteiger partial charge in [0.2, 0.25) is 0 Å². The van der Waals surface area contributed by atoms with Crippen molar-refractivity contribution in [2.45, 2.75) is 57.6 Å². The van der Waals surface area contributed by atoms with Gasteiger partial charge in [-0.05, 0) is 44.0 Å². The molecule has 4 atom stereocenters. The van der Waals surface area contributed by atoms with Gasteiger partial charge in [-0.15, -0.1) is 0 Å². The monoisotopic (exact) mass is 416 g/mol. The number of benzene rings is 2. The summed E-state index contributed by atoms with van der Waals surface area (Å²) in [6.07, 6.45) is -4.87. The zero-order valence-corrected chi connectivity index (χ0v) is 17.4. The summed E-state index contributed by atoms with van der Waals surface area (Å²) in [5, 5.41) is 20.7. The normalized spacial score (nSPS) is 22.3. The van der Waals surface area contributed by atoms with E-state index in [-0.39, 0.29) is 6.61 Å². The van der Waals surface area contributed by atoms with Crippen molar-refractivity contribution in [3.63, 3.8) is 0 Å². The van der Waals surface area contributed by atoms with Crippen LogP contribution in [-0.2, 0) is 25.6 Å². The quantitative estimate of drug-likeness (QED) is 0.639. The summed E-state index contributed by atoms with van der Waals surface area (Å²) >= 11 is 0. The van der Waals surface area contributed by atoms with E-state index >= 15 is 0 Å². The van der Waals surface area contributed by atoms with Crippen molar-refractivity contribution in [1.29, 1.82) is 0 Å². The molecule has 0 spiro atoms. The zero-order valence-electron chi connectivity index (χ0n) is 17.4. The van der Waals surface area contributed by atoms with Crippen molar-refractivity contribution >= 4 is 5.97 Å². The van der Waals surface area contributed by atoms with E-state index < -0.39 is 36.2 Å². The van der Waals surface area contributed by atoms with Crippen molar-refractivity contribution in [3.05, 3.63) is 65.7 Å². The van der Waals surface area contributed by atoms with Gasteiger partial charge in [0.05, 0.1) is 6.61 Å². The van der Waals surface area contributed by atoms with E-state index in [1.165, 1.54) is 0 Å². The highest BCUT2D eigenvalue weighted by atomic mass is 16.8. The zero-order chi connectivity index (χ0) is 21.7. The van der Waals surface area contributed by atoms with Crippen molar-refractivity contribution in [3.8, 4) is 5.75 Å². The van der Waals surface area contributed by atoms with Crippen molar-refractivity contribution in [1.82, 2.24) is 0 Å². The van der Waals surface area contributed by atoms with E-state index in [1.54, 1.807) is 32.9 Å². The van der Waals surface area contributed by atoms with Crippen LogP contribution in [-0.4, -0.2) is 46.9 Å². The van der Waals surface area contributed by atoms with E-state index in [2.05, 4.69) is 0 Å². The Morgan fingerprint density at radius 1 is 1.07 bits per heavy atom. The first-order chi connectivity index (χ1) is 14.3. The van der Waals surface area contributed by atoms with E-state index in [4.69, 9.17) is 18.9 Å². The molecule has 7 heteroatoms. The first kappa shape index (κ1) is 22.2. The van der Waals surface area contributed by atoms with Crippen LogP contribution < -0.4 is 4.74 Å². The molecule has 1 fully saturated rings. The molecule has 1 saturated heterocycles. The maximum absolute atomic E-state index is 11.8. The SMILES string of the molecule is CCOC(=O)[C@H](O)[C@@H](O)[C@@H]1OC(C)(C)O[C@H]1c1ccc(OCc2ccccc2)cc1. The largest absolute Gasteiger partial charge is 0.489 e. The summed E-state index contributed by atoms with van der Waals surface area (Å²) in [4.78, 5) is 11.8. The fourth-order valence-corrected chi connectivity index (χ4v) is 3.34. The van der Waals surface area contributed by atoms with E-state index in [0.717, 1.165) is 11.1 Å². The molecule has 162 valence electrons. The molecule has 30 heavy (non-hydrogen) atoms. The Kier molecular flexibility index (Phi) is 7.10. The van der Waals surface area contributed by atoms with E-state index in [9.17, 15) is 15.0 Å². The Labute approximate surface area is 176 Å². The molecule has 1 heterocycles. The molecular formula is C23H28O7. The number of rotatable bonds is 8. The Morgan fingerprint density at radius 3 is 2.37 bits per heavy atom. The minimum atomic E-state index is -1.73. The third kappa shape index (κ3) is 5.37. The fraction of sp³-hybridized carbons (Fsp3) is 0.435. The van der Waals surface area contributed by atoms with Gasteiger partial charge in [0.25, 0.3) is 0 Å². The molecule has 0 aromatic heterocycles. The van der Waals surface area contributed by atoms with Gasteiger partial charge in [0.15, 0.2) is 11.9 Å². The maximum Gasteiger partial charge on any atom is 0.337 e. The number of aliphatic hydroxyl groups excluding tert-OH is 2. The fourth-order valence-electron chi connectivity index (χ4n) is 3.34. The van der Waals surface area contributed by atoms with Crippen LogP contribution in [0.25, 0.3) is 0 Å². The highest BCUT2D eigenvalue weighted by Gasteiger charge is 2.48. The van der Waals surface area contributed by atoms with Gasteiger partial charge in [-0.2, -0.15) is 0 Å². The first-order valence-electron chi connectivity index (χ1n) is 9.96. The Bertz CT molecular complexity index is 819. The Hall–Kier alpha value is -2.45. The second-order valence-corrected chi connectivity index (χ2v) is 7.55. The first-order valence-corrected chi connectivity index (χ1v) is 9.96. The molecule has 0 bridgehead atoms. The predicted molar refractivity (Wildman–Crippen MR) is 109 cm³/mol. The molecule has 2 aromatic carbocycles. The summed E-state index contributed by atoms with van der Waals surface area (Å²) < 4.78 is 22.3. The Balaban J connectivity index is 1.71. The van der Waals surface area contributed by atoms with Crippen LogP contribution in [0.5, 0.6) is 5.75 Å². The molecule has 1 aliphatic rings. The van der Waals surface area contributed by atoms with Gasteiger partial charge in [-0.1, -0.05) is 42.5 Å². The molecule has 7 nitrogen and oxygen atoms in total. The minimum absolute atomic E-state index is 0.101. The van der Waals surface area contributed by atoms with Gasteiger partial charge in [0, 0.05) is 0 Å². The Morgan fingerprint density at radius 2 is 1.73 bits per heavy atom. The lowest BCUT2D eigenvalue weighted by Gasteiger charge is -2.25. The molecule has 3 rings (SSSR count). The van der Waals surface area contributed by atoms with Crippen LogP contribution in [0.4, 0.5) is 0 Å². The molecule has 0 unspecified atom stereocenters. The van der Waals surface area contributed by atoms with Crippen LogP contribution in [0.3, 0.4) is 0 Å². The molecule has 0 aliphatic carbocycles. The van der Waals surface area contributed by atoms with Crippen LogP contribution >= 0.6 is 0 Å². The minimum Gasteiger partial charge on any atom is -0.489 e. The van der Waals surface area contributed by atoms with Gasteiger partial charge in [0.1, 0.15) is 30.7 Å². The second-order valence-electron chi connectivity index (χ2n) is 7.55. The van der Waals surface area contributed by atoms with Crippen LogP contribution in [0.15, 0.2) is 54.6 Å². The van der Waals surface area contributed by atoms with Crippen molar-refractivity contribution < 1.29 is 34.0 Å². The van der Waals surface area contributed by atoms with Gasteiger partial charge in [-0.25, -0.2) is 4.79 Å². The second kappa shape index (κ2) is 9.57. The molecule has 0 radical (unpaired) electrons. The van der Waals surface area contributed by atoms with Crippen LogP contribution in [0, 0.1) is 0 Å². The van der Waals surface area contributed by atoms with Crippen LogP contribution in [0.1, 0.15) is 38.0 Å². The highest BCUT2D eigenvalue weighted by Crippen LogP contribution is 2.40. The summed E-state index contributed by atoms with van der Waals surface area (Å²) in [7, 11) is 0. The third-order valence-corrected chi connectivity index (χ3v) is 4.77. The molecule has 2 N–H and O–H groups in total. The molecule has 0 saturated carbocycles. The predicted octanol–water partition coefficient (Wildman–Crippen LogP) is 2.74. The number of aliphatic hydroxyl groups is 2. The lowest BCUT2D eigenvalue weighted by atomic mass is 9.97. The molecular weight excluding hydrogens is 388 g/mol. The summed E-state index contributed by atoms with van der Waals surface area (Å²) in [5.41, 5.74) is 1.79. The highest BCUT2D eigenvalue weighted by molar-refractivity contribution is 5.75. The average Bonchev–Trinajstić information content (AvgIpc) is 3.08. The van der Waals surface area contributed by atoms with Crippen molar-refractivity contribution in [2.75, 3.05) is 6.61 Å². The standard InChI is InChI=1S/C23H28O7/c1-4-27-22(26)19(25)18(24)21-20(29-23(2,3)30-21)16-10-12-17(13-11-16)28-14-15-8-6-5-7-9-15/h5-13,18-21,24-25H,4,14H2,1-3H3/t18-,19-,20+,21+/m1/s1. The van der Waals surface area contributed by atoms with Crippen LogP contribution in [0.2, 0.25) is 0 Å². The smallest absolute Gasteiger partial charge is 0.337 e. The third-order valence-electron chi connectivity index (χ3n) is 4.77. The average molecular weight is 416 g/mol. The van der Waals surface area contributed by atoms with Crippen molar-refractivity contribution in [2.24, 2.45) is 0 Å². The van der Waals surface area contributed by atoms with Gasteiger partial charge in [-0.3, -0.25) is 0 Å². The number of hydrogen-bond acceptors (Lipinski definition) is 7. The summed E-state index contributed by atoms with van der Waals surface area (Å²) in [6.45, 7) is 5.59. The summed E-state index contributed by atoms with van der Waals surface area (Å²) in [5.74, 6) is -1.21. The molecule has 2 aromatic rings. The number of carbonyl (C=O) groups excluding carboxylic acids is 1. The van der Waals surface area contributed by atoms with Gasteiger partial charge < -0.3 is 29.2 Å². The maximum atomic E-state index is 11.8. The van der Waals surface area contributed by atoms with Gasteiger partial charge >= 0.3 is 5.97 Å². The lowest BCUT2D eigenvalue weighted by Crippen LogP contribution is -2.45. The van der Waals surface area contributed by atoms with E-state index in [1.807, 2.05) is 42.5 Å². The number of hydrogen-bond donors (Lipinski definition) is 2. The number of carbonyl (C=O) groups is 1. The van der Waals surface area contributed by atoms with E-state index in [0.29, 0.717) is 12.4 Å². The number of esters is 1. The summed E-state index contributed by atoms with van der Waals surface area (Å²) in [6, 6.07) is 17.1. The lowest BCUT2D eigenvalue weighted by molar-refractivity contribution is -0.177.